The molecule has 2 N–H and O–H groups in total. The summed E-state index contributed by atoms with van der Waals surface area (Å²) < 4.78 is 0. The molecule has 0 amide bonds. The second-order valence-corrected chi connectivity index (χ2v) is 11.4. The predicted molar refractivity (Wildman–Crippen MR) is 131 cm³/mol. The number of terminal acetylenes is 1. The van der Waals surface area contributed by atoms with E-state index < -0.39 is 63.1 Å². The smallest absolute Gasteiger partial charge is 0.190 e. The number of allylic oxidation sites excluding steroid dienone is 1. The van der Waals surface area contributed by atoms with Crippen molar-refractivity contribution in [2.45, 2.75) is 53.1 Å². The SMILES string of the molecule is C#C/C=C/c1ccc(O)c2c1C[C@]1(C)C[C@]3(C)C(C(C)C)C(=O)C(C(C)=O)C(=O)[C@]3(O)C(=O)C1C2=O. The molecular weight excluding hydrogens is 460 g/mol. The Morgan fingerprint density at radius 2 is 1.81 bits per heavy atom. The number of phenolic OH excluding ortho intramolecular Hbond substituents is 1. The van der Waals surface area contributed by atoms with Crippen LogP contribution in [0.3, 0.4) is 0 Å². The van der Waals surface area contributed by atoms with Crippen LogP contribution in [0.5, 0.6) is 5.75 Å². The molecule has 1 aromatic rings. The van der Waals surface area contributed by atoms with E-state index in [4.69, 9.17) is 6.42 Å². The van der Waals surface area contributed by atoms with E-state index in [2.05, 4.69) is 5.92 Å². The van der Waals surface area contributed by atoms with Gasteiger partial charge < -0.3 is 10.2 Å². The standard InChI is InChI=1S/C29H30O7/c1-7-8-9-16-10-11-18(31)20-17(16)12-27(5)13-28(6)21(14(2)3)23(32)19(15(4)30)25(34)29(28,36)26(35)22(27)24(20)33/h1,8-11,14,19,21-22,31,36H,12-13H2,2-6H3/b9-8+/t19?,21?,22?,27-,28-,29+/m1/s1. The summed E-state index contributed by atoms with van der Waals surface area (Å²) in [5.74, 6) is -6.65. The number of phenols is 1. The van der Waals surface area contributed by atoms with E-state index in [1.54, 1.807) is 39.8 Å². The van der Waals surface area contributed by atoms with Crippen molar-refractivity contribution >= 4 is 35.0 Å². The first-order valence-electron chi connectivity index (χ1n) is 12.0. The number of carbonyl (C=O) groups is 5. The second-order valence-electron chi connectivity index (χ2n) is 11.4. The van der Waals surface area contributed by atoms with Gasteiger partial charge in [0.05, 0.1) is 11.5 Å². The van der Waals surface area contributed by atoms with E-state index in [9.17, 15) is 34.2 Å². The highest BCUT2D eigenvalue weighted by Gasteiger charge is 2.76. The Morgan fingerprint density at radius 1 is 1.17 bits per heavy atom. The molecule has 4 rings (SSSR count). The monoisotopic (exact) mass is 490 g/mol. The van der Waals surface area contributed by atoms with Gasteiger partial charge in [0.1, 0.15) is 17.5 Å². The molecule has 0 aromatic heterocycles. The van der Waals surface area contributed by atoms with E-state index in [0.29, 0.717) is 11.1 Å². The van der Waals surface area contributed by atoms with Crippen LogP contribution in [-0.2, 0) is 25.6 Å². The van der Waals surface area contributed by atoms with Gasteiger partial charge in [-0.25, -0.2) is 0 Å². The van der Waals surface area contributed by atoms with Crippen LogP contribution in [0.25, 0.3) is 6.08 Å². The van der Waals surface area contributed by atoms with Crippen molar-refractivity contribution < 1.29 is 34.2 Å². The molecule has 188 valence electrons. The Balaban J connectivity index is 1.99. The molecule has 1 aromatic carbocycles. The third-order valence-corrected chi connectivity index (χ3v) is 8.66. The van der Waals surface area contributed by atoms with Gasteiger partial charge in [-0.05, 0) is 60.4 Å². The fourth-order valence-electron chi connectivity index (χ4n) is 7.45. The van der Waals surface area contributed by atoms with Crippen LogP contribution in [0.2, 0.25) is 0 Å². The lowest BCUT2D eigenvalue weighted by Crippen LogP contribution is -2.76. The number of hydrogen-bond donors (Lipinski definition) is 2. The molecule has 7 heteroatoms. The van der Waals surface area contributed by atoms with Crippen LogP contribution < -0.4 is 0 Å². The molecule has 3 aliphatic rings. The molecule has 0 aliphatic heterocycles. The Labute approximate surface area is 210 Å². The maximum Gasteiger partial charge on any atom is 0.190 e. The zero-order valence-electron chi connectivity index (χ0n) is 21.0. The quantitative estimate of drug-likeness (QED) is 0.493. The number of rotatable bonds is 3. The summed E-state index contributed by atoms with van der Waals surface area (Å²) in [6.45, 7) is 7.88. The maximum atomic E-state index is 14.1. The van der Waals surface area contributed by atoms with Gasteiger partial charge in [0, 0.05) is 11.3 Å². The molecule has 0 bridgehead atoms. The van der Waals surface area contributed by atoms with Crippen molar-refractivity contribution in [2.75, 3.05) is 0 Å². The van der Waals surface area contributed by atoms with Crippen LogP contribution >= 0.6 is 0 Å². The first kappa shape index (κ1) is 25.7. The lowest BCUT2D eigenvalue weighted by atomic mass is 9.40. The van der Waals surface area contributed by atoms with Gasteiger partial charge in [-0.1, -0.05) is 39.7 Å². The fraction of sp³-hybridized carbons (Fsp3) is 0.483. The molecule has 0 saturated heterocycles. The van der Waals surface area contributed by atoms with E-state index in [1.165, 1.54) is 12.1 Å². The Hall–Kier alpha value is -3.37. The summed E-state index contributed by atoms with van der Waals surface area (Å²) in [4.78, 5) is 67.4. The zero-order chi connectivity index (χ0) is 27.0. The largest absolute Gasteiger partial charge is 0.507 e. The molecular formula is C29H30O7. The molecule has 2 fully saturated rings. The number of fused-ring (bicyclic) bond motifs is 3. The van der Waals surface area contributed by atoms with E-state index in [-0.39, 0.29) is 30.1 Å². The van der Waals surface area contributed by atoms with Gasteiger partial charge in [0.25, 0.3) is 0 Å². The van der Waals surface area contributed by atoms with Gasteiger partial charge in [-0.2, -0.15) is 0 Å². The molecule has 3 aliphatic carbocycles. The molecule has 2 saturated carbocycles. The van der Waals surface area contributed by atoms with Crippen LogP contribution in [0, 0.1) is 46.8 Å². The molecule has 36 heavy (non-hydrogen) atoms. The topological polar surface area (TPSA) is 126 Å². The van der Waals surface area contributed by atoms with Crippen LogP contribution in [0.15, 0.2) is 18.2 Å². The Kier molecular flexibility index (Phi) is 5.77. The van der Waals surface area contributed by atoms with Crippen LogP contribution in [0.1, 0.15) is 62.5 Å². The molecule has 0 heterocycles. The van der Waals surface area contributed by atoms with Gasteiger partial charge in [-0.3, -0.25) is 24.0 Å². The average Bonchev–Trinajstić information content (AvgIpc) is 2.75. The van der Waals surface area contributed by atoms with E-state index in [1.807, 2.05) is 0 Å². The van der Waals surface area contributed by atoms with Gasteiger partial charge in [0.15, 0.2) is 28.7 Å². The highest BCUT2D eigenvalue weighted by molar-refractivity contribution is 6.32. The summed E-state index contributed by atoms with van der Waals surface area (Å²) >= 11 is 0. The van der Waals surface area contributed by atoms with Crippen molar-refractivity contribution in [3.05, 3.63) is 34.9 Å². The number of carbonyl (C=O) groups excluding carboxylic acids is 5. The van der Waals surface area contributed by atoms with Gasteiger partial charge in [-0.15, -0.1) is 6.42 Å². The van der Waals surface area contributed by atoms with Crippen LogP contribution in [-0.4, -0.2) is 44.7 Å². The minimum atomic E-state index is -2.69. The molecule has 6 atom stereocenters. The summed E-state index contributed by atoms with van der Waals surface area (Å²) in [7, 11) is 0. The summed E-state index contributed by atoms with van der Waals surface area (Å²) in [6.07, 6.45) is 8.65. The van der Waals surface area contributed by atoms with Crippen molar-refractivity contribution in [3.63, 3.8) is 0 Å². The Morgan fingerprint density at radius 3 is 2.36 bits per heavy atom. The summed E-state index contributed by atoms with van der Waals surface area (Å²) in [5.41, 5.74) is -4.21. The summed E-state index contributed by atoms with van der Waals surface area (Å²) in [6, 6.07) is 2.97. The minimum absolute atomic E-state index is 0.0109. The Bertz CT molecular complexity index is 1310. The average molecular weight is 491 g/mol. The fourth-order valence-corrected chi connectivity index (χ4v) is 7.45. The van der Waals surface area contributed by atoms with Crippen molar-refractivity contribution in [1.29, 1.82) is 0 Å². The predicted octanol–water partition coefficient (Wildman–Crippen LogP) is 2.74. The molecule has 0 radical (unpaired) electrons. The van der Waals surface area contributed by atoms with Crippen molar-refractivity contribution in [3.8, 4) is 18.1 Å². The number of aliphatic hydroxyl groups is 1. The van der Waals surface area contributed by atoms with E-state index in [0.717, 1.165) is 6.92 Å². The summed E-state index contributed by atoms with van der Waals surface area (Å²) in [5, 5.41) is 22.5. The van der Waals surface area contributed by atoms with Crippen molar-refractivity contribution in [2.24, 2.45) is 34.5 Å². The molecule has 0 spiro atoms. The third kappa shape index (κ3) is 3.07. The number of Topliss-reactive ketones (excluding diaryl/α,β-unsaturated/α-hetero) is 5. The molecule has 7 nitrogen and oxygen atoms in total. The van der Waals surface area contributed by atoms with Gasteiger partial charge in [0.2, 0.25) is 0 Å². The third-order valence-electron chi connectivity index (χ3n) is 8.66. The normalized spacial score (nSPS) is 35.9. The number of ketones is 5. The number of aromatic hydroxyl groups is 1. The second kappa shape index (κ2) is 8.07. The number of benzene rings is 1. The van der Waals surface area contributed by atoms with Crippen LogP contribution in [0.4, 0.5) is 0 Å². The highest BCUT2D eigenvalue weighted by atomic mass is 16.3. The van der Waals surface area contributed by atoms with Crippen molar-refractivity contribution in [1.82, 2.24) is 0 Å². The zero-order valence-corrected chi connectivity index (χ0v) is 21.0. The van der Waals surface area contributed by atoms with Gasteiger partial charge >= 0.3 is 0 Å². The maximum absolute atomic E-state index is 14.1. The lowest BCUT2D eigenvalue weighted by molar-refractivity contribution is -0.205. The van der Waals surface area contributed by atoms with E-state index >= 15 is 0 Å². The highest BCUT2D eigenvalue weighted by Crippen LogP contribution is 2.63. The number of hydrogen-bond acceptors (Lipinski definition) is 7. The molecule has 3 unspecified atom stereocenters. The first-order chi connectivity index (χ1) is 16.7. The minimum Gasteiger partial charge on any atom is -0.507 e. The lowest BCUT2D eigenvalue weighted by Gasteiger charge is -2.61. The first-order valence-corrected chi connectivity index (χ1v) is 12.0.